The van der Waals surface area contributed by atoms with Gasteiger partial charge < -0.3 is 4.74 Å². The molecule has 0 aliphatic heterocycles. The van der Waals surface area contributed by atoms with Gasteiger partial charge in [0.1, 0.15) is 0 Å². The normalized spacial score (nSPS) is 21.9. The predicted molar refractivity (Wildman–Crippen MR) is 56.4 cm³/mol. The summed E-state index contributed by atoms with van der Waals surface area (Å²) < 4.78 is 16.4. The third-order valence-electron chi connectivity index (χ3n) is 2.69. The van der Waals surface area contributed by atoms with Crippen LogP contribution in [0, 0.1) is 5.92 Å². The van der Waals surface area contributed by atoms with E-state index in [9.17, 15) is 9.00 Å². The van der Waals surface area contributed by atoms with Gasteiger partial charge in [0.2, 0.25) is 0 Å². The predicted octanol–water partition coefficient (Wildman–Crippen LogP) is 1.49. The average molecular weight is 218 g/mol. The first kappa shape index (κ1) is 11.7. The van der Waals surface area contributed by atoms with E-state index in [0.717, 1.165) is 12.8 Å². The lowest BCUT2D eigenvalue weighted by Crippen LogP contribution is -2.24. The standard InChI is InChI=1S/C10H18O3S/c1-8(10(11)13-2)7-14(12)9-5-3-4-6-9/h8-9H,3-7H2,1-2H3. The molecule has 0 aromatic rings. The molecule has 0 amide bonds. The van der Waals surface area contributed by atoms with Crippen molar-refractivity contribution in [1.29, 1.82) is 0 Å². The molecule has 0 aromatic carbocycles. The Bertz CT molecular complexity index is 221. The van der Waals surface area contributed by atoms with Gasteiger partial charge in [-0.2, -0.15) is 0 Å². The van der Waals surface area contributed by atoms with Gasteiger partial charge in [0, 0.05) is 21.8 Å². The van der Waals surface area contributed by atoms with Crippen LogP contribution in [0.15, 0.2) is 0 Å². The molecule has 0 N–H and O–H groups in total. The van der Waals surface area contributed by atoms with E-state index < -0.39 is 10.8 Å². The Labute approximate surface area is 87.7 Å². The fourth-order valence-electron chi connectivity index (χ4n) is 1.80. The van der Waals surface area contributed by atoms with Gasteiger partial charge in [-0.15, -0.1) is 0 Å². The second-order valence-electron chi connectivity index (χ2n) is 3.88. The summed E-state index contributed by atoms with van der Waals surface area (Å²) in [5, 5.41) is 0.321. The summed E-state index contributed by atoms with van der Waals surface area (Å²) in [5.41, 5.74) is 0. The maximum atomic E-state index is 11.8. The van der Waals surface area contributed by atoms with Crippen LogP contribution >= 0.6 is 0 Å². The molecule has 2 atom stereocenters. The molecule has 1 saturated carbocycles. The minimum atomic E-state index is -0.848. The van der Waals surface area contributed by atoms with Gasteiger partial charge in [-0.05, 0) is 12.8 Å². The summed E-state index contributed by atoms with van der Waals surface area (Å²) in [6.07, 6.45) is 4.48. The molecule has 2 unspecified atom stereocenters. The molecule has 82 valence electrons. The van der Waals surface area contributed by atoms with Crippen LogP contribution in [0.5, 0.6) is 0 Å². The molecule has 3 nitrogen and oxygen atoms in total. The number of carbonyl (C=O) groups is 1. The maximum Gasteiger partial charge on any atom is 0.309 e. The number of esters is 1. The number of rotatable bonds is 4. The molecular formula is C10H18O3S. The van der Waals surface area contributed by atoms with Crippen LogP contribution in [0.4, 0.5) is 0 Å². The second kappa shape index (κ2) is 5.49. The van der Waals surface area contributed by atoms with Crippen molar-refractivity contribution in [2.24, 2.45) is 5.92 Å². The van der Waals surface area contributed by atoms with Gasteiger partial charge in [-0.1, -0.05) is 19.8 Å². The van der Waals surface area contributed by atoms with Crippen molar-refractivity contribution < 1.29 is 13.7 Å². The van der Waals surface area contributed by atoms with E-state index in [1.54, 1.807) is 6.92 Å². The van der Waals surface area contributed by atoms with Crippen LogP contribution in [0.3, 0.4) is 0 Å². The number of hydrogen-bond acceptors (Lipinski definition) is 3. The molecule has 0 radical (unpaired) electrons. The Morgan fingerprint density at radius 2 is 2.07 bits per heavy atom. The topological polar surface area (TPSA) is 43.4 Å². The Balaban J connectivity index is 2.35. The third-order valence-corrected chi connectivity index (χ3v) is 4.74. The van der Waals surface area contributed by atoms with Gasteiger partial charge in [0.25, 0.3) is 0 Å². The summed E-state index contributed by atoms with van der Waals surface area (Å²) >= 11 is 0. The van der Waals surface area contributed by atoms with E-state index in [0.29, 0.717) is 11.0 Å². The zero-order chi connectivity index (χ0) is 10.6. The molecule has 0 heterocycles. The first-order valence-corrected chi connectivity index (χ1v) is 6.48. The van der Waals surface area contributed by atoms with Crippen molar-refractivity contribution in [2.75, 3.05) is 12.9 Å². The quantitative estimate of drug-likeness (QED) is 0.671. The van der Waals surface area contributed by atoms with Crippen molar-refractivity contribution in [2.45, 2.75) is 37.9 Å². The van der Waals surface area contributed by atoms with Crippen LogP contribution in [-0.4, -0.2) is 28.3 Å². The Hall–Kier alpha value is -0.380. The van der Waals surface area contributed by atoms with Gasteiger partial charge >= 0.3 is 5.97 Å². The highest BCUT2D eigenvalue weighted by molar-refractivity contribution is 7.85. The number of ether oxygens (including phenoxy) is 1. The maximum absolute atomic E-state index is 11.8. The number of methoxy groups -OCH3 is 1. The minimum Gasteiger partial charge on any atom is -0.469 e. The minimum absolute atomic E-state index is 0.235. The fourth-order valence-corrected chi connectivity index (χ4v) is 3.56. The van der Waals surface area contributed by atoms with Gasteiger partial charge in [0.05, 0.1) is 13.0 Å². The van der Waals surface area contributed by atoms with Crippen molar-refractivity contribution in [3.63, 3.8) is 0 Å². The molecule has 4 heteroatoms. The average Bonchev–Trinajstić information content (AvgIpc) is 2.69. The highest BCUT2D eigenvalue weighted by atomic mass is 32.2. The SMILES string of the molecule is COC(=O)C(C)CS(=O)C1CCCC1. The summed E-state index contributed by atoms with van der Waals surface area (Å²) in [6, 6.07) is 0. The van der Waals surface area contributed by atoms with E-state index in [1.165, 1.54) is 20.0 Å². The first-order chi connectivity index (χ1) is 6.65. The van der Waals surface area contributed by atoms with E-state index in [-0.39, 0.29) is 11.9 Å². The molecule has 14 heavy (non-hydrogen) atoms. The fraction of sp³-hybridized carbons (Fsp3) is 0.900. The summed E-state index contributed by atoms with van der Waals surface area (Å²) in [5.74, 6) is -0.0325. The molecule has 1 fully saturated rings. The van der Waals surface area contributed by atoms with E-state index in [2.05, 4.69) is 4.74 Å². The van der Waals surface area contributed by atoms with Crippen LogP contribution < -0.4 is 0 Å². The first-order valence-electron chi connectivity index (χ1n) is 5.10. The van der Waals surface area contributed by atoms with E-state index >= 15 is 0 Å². The van der Waals surface area contributed by atoms with Gasteiger partial charge in [-0.25, -0.2) is 0 Å². The lowest BCUT2D eigenvalue weighted by molar-refractivity contribution is -0.144. The van der Waals surface area contributed by atoms with Crippen LogP contribution in [0.2, 0.25) is 0 Å². The van der Waals surface area contributed by atoms with Crippen LogP contribution in [0.25, 0.3) is 0 Å². The van der Waals surface area contributed by atoms with E-state index in [1.807, 2.05) is 0 Å². The molecule has 0 bridgehead atoms. The highest BCUT2D eigenvalue weighted by Crippen LogP contribution is 2.23. The number of carbonyl (C=O) groups excluding carboxylic acids is 1. The molecule has 1 aliphatic carbocycles. The Morgan fingerprint density at radius 3 is 2.57 bits per heavy atom. The van der Waals surface area contributed by atoms with Crippen molar-refractivity contribution >= 4 is 16.8 Å². The Morgan fingerprint density at radius 1 is 1.50 bits per heavy atom. The zero-order valence-electron chi connectivity index (χ0n) is 8.82. The van der Waals surface area contributed by atoms with Crippen molar-refractivity contribution in [3.05, 3.63) is 0 Å². The highest BCUT2D eigenvalue weighted by Gasteiger charge is 2.25. The lowest BCUT2D eigenvalue weighted by atomic mass is 10.2. The smallest absolute Gasteiger partial charge is 0.309 e. The van der Waals surface area contributed by atoms with E-state index in [4.69, 9.17) is 0 Å². The van der Waals surface area contributed by atoms with Crippen molar-refractivity contribution in [3.8, 4) is 0 Å². The largest absolute Gasteiger partial charge is 0.469 e. The van der Waals surface area contributed by atoms with Gasteiger partial charge in [0.15, 0.2) is 0 Å². The molecule has 1 rings (SSSR count). The lowest BCUT2D eigenvalue weighted by Gasteiger charge is -2.12. The summed E-state index contributed by atoms with van der Waals surface area (Å²) in [7, 11) is 0.524. The Kier molecular flexibility index (Phi) is 4.58. The molecular weight excluding hydrogens is 200 g/mol. The summed E-state index contributed by atoms with van der Waals surface area (Å²) in [6.45, 7) is 1.78. The zero-order valence-corrected chi connectivity index (χ0v) is 9.64. The van der Waals surface area contributed by atoms with Crippen LogP contribution in [-0.2, 0) is 20.3 Å². The molecule has 1 aliphatic rings. The molecule has 0 aromatic heterocycles. The molecule has 0 spiro atoms. The second-order valence-corrected chi connectivity index (χ2v) is 5.64. The van der Waals surface area contributed by atoms with Crippen LogP contribution in [0.1, 0.15) is 32.6 Å². The monoisotopic (exact) mass is 218 g/mol. The molecule has 0 saturated heterocycles. The van der Waals surface area contributed by atoms with Crippen molar-refractivity contribution in [1.82, 2.24) is 0 Å². The van der Waals surface area contributed by atoms with Gasteiger partial charge in [-0.3, -0.25) is 9.00 Å². The summed E-state index contributed by atoms with van der Waals surface area (Å²) in [4.78, 5) is 11.1. The number of hydrogen-bond donors (Lipinski definition) is 0. The third kappa shape index (κ3) is 3.08.